The summed E-state index contributed by atoms with van der Waals surface area (Å²) in [6.45, 7) is 5.82. The zero-order valence-electron chi connectivity index (χ0n) is 23.2. The van der Waals surface area contributed by atoms with Gasteiger partial charge in [-0.05, 0) is 57.1 Å². The van der Waals surface area contributed by atoms with E-state index in [4.69, 9.17) is 0 Å². The van der Waals surface area contributed by atoms with Gasteiger partial charge >= 0.3 is 6.18 Å². The zero-order chi connectivity index (χ0) is 28.4. The van der Waals surface area contributed by atoms with Crippen molar-refractivity contribution in [1.82, 2.24) is 34.1 Å². The number of halogens is 3. The molecule has 8 nitrogen and oxygen atoms in total. The summed E-state index contributed by atoms with van der Waals surface area (Å²) in [6, 6.07) is 8.68. The number of aryl methyl sites for hydroxylation is 2. The minimum absolute atomic E-state index is 0.0960. The van der Waals surface area contributed by atoms with Gasteiger partial charge in [-0.2, -0.15) is 23.5 Å². The van der Waals surface area contributed by atoms with E-state index in [1.165, 1.54) is 11.1 Å². The van der Waals surface area contributed by atoms with E-state index in [-0.39, 0.29) is 12.5 Å². The Kier molecular flexibility index (Phi) is 8.01. The fourth-order valence-corrected chi connectivity index (χ4v) is 5.84. The summed E-state index contributed by atoms with van der Waals surface area (Å²) >= 11 is 0. The van der Waals surface area contributed by atoms with Crippen molar-refractivity contribution >= 4 is 10.9 Å². The molecule has 212 valence electrons. The molecule has 1 fully saturated rings. The number of rotatable bonds is 9. The molecule has 0 bridgehead atoms. The summed E-state index contributed by atoms with van der Waals surface area (Å²) in [5, 5.41) is 17.7. The highest BCUT2D eigenvalue weighted by Gasteiger charge is 2.30. The Balaban J connectivity index is 1.30. The number of likely N-dealkylation sites (tertiary alicyclic amines) is 1. The molecule has 0 spiro atoms. The first-order valence-corrected chi connectivity index (χ1v) is 13.6. The molecule has 0 saturated carbocycles. The molecule has 5 rings (SSSR count). The second kappa shape index (κ2) is 11.5. The van der Waals surface area contributed by atoms with Gasteiger partial charge in [0.1, 0.15) is 17.6 Å². The first-order valence-electron chi connectivity index (χ1n) is 13.6. The lowest BCUT2D eigenvalue weighted by molar-refractivity contribution is -0.134. The molecule has 1 aliphatic heterocycles. The Morgan fingerprint density at radius 2 is 1.93 bits per heavy atom. The molecule has 40 heavy (non-hydrogen) atoms. The number of H-pyrrole nitrogens is 1. The maximum atomic E-state index is 13.0. The SMILES string of the molecule is Cc1c(CN2CCC(n3c(CN(C)C)cnc3CCC(F)(F)F)CC2)ccc2c1cc(C#N)n2Cc1cn[nH]c1. The van der Waals surface area contributed by atoms with Crippen LogP contribution in [-0.4, -0.2) is 67.5 Å². The number of aromatic nitrogens is 5. The lowest BCUT2D eigenvalue weighted by atomic mass is 10.0. The minimum atomic E-state index is -4.20. The number of benzene rings is 1. The van der Waals surface area contributed by atoms with Gasteiger partial charge in [0.15, 0.2) is 0 Å². The van der Waals surface area contributed by atoms with Crippen molar-refractivity contribution in [2.75, 3.05) is 27.2 Å². The van der Waals surface area contributed by atoms with Crippen LogP contribution in [0.5, 0.6) is 0 Å². The normalized spacial score (nSPS) is 15.3. The monoisotopic (exact) mass is 552 g/mol. The zero-order valence-corrected chi connectivity index (χ0v) is 23.2. The van der Waals surface area contributed by atoms with Crippen LogP contribution in [0.25, 0.3) is 10.9 Å². The molecule has 1 N–H and O–H groups in total. The third kappa shape index (κ3) is 6.08. The van der Waals surface area contributed by atoms with E-state index in [1.807, 2.05) is 35.8 Å². The van der Waals surface area contributed by atoms with Crippen LogP contribution in [-0.2, 0) is 26.1 Å². The number of nitrogens with zero attached hydrogens (tertiary/aromatic N) is 7. The molecule has 0 amide bonds. The van der Waals surface area contributed by atoms with Gasteiger partial charge in [0.05, 0.1) is 24.9 Å². The van der Waals surface area contributed by atoms with Crippen molar-refractivity contribution < 1.29 is 13.2 Å². The number of fused-ring (bicyclic) bond motifs is 1. The van der Waals surface area contributed by atoms with Crippen LogP contribution < -0.4 is 0 Å². The van der Waals surface area contributed by atoms with Crippen LogP contribution in [0.3, 0.4) is 0 Å². The molecule has 1 aromatic carbocycles. The van der Waals surface area contributed by atoms with Crippen molar-refractivity contribution in [3.63, 3.8) is 0 Å². The molecular weight excluding hydrogens is 517 g/mol. The van der Waals surface area contributed by atoms with E-state index >= 15 is 0 Å². The number of hydrogen-bond donors (Lipinski definition) is 1. The maximum absolute atomic E-state index is 13.0. The third-order valence-corrected chi connectivity index (χ3v) is 7.85. The van der Waals surface area contributed by atoms with Crippen molar-refractivity contribution in [3.8, 4) is 6.07 Å². The molecule has 1 saturated heterocycles. The lowest BCUT2D eigenvalue weighted by Gasteiger charge is -2.34. The second-order valence-electron chi connectivity index (χ2n) is 11.0. The molecule has 0 radical (unpaired) electrons. The standard InChI is InChI=1S/C29H35F3N8/c1-20-22(4-5-27-26(20)12-24(13-33)39(27)17-21-14-35-36-15-21)18-38-10-7-23(8-11-38)40-25(19-37(2)3)16-34-28(40)6-9-29(30,31)32/h4-5,12,14-16,23H,6-11,17-19H2,1-3H3,(H,35,36). The van der Waals surface area contributed by atoms with Gasteiger partial charge in [0, 0.05) is 67.5 Å². The van der Waals surface area contributed by atoms with E-state index in [2.05, 4.69) is 49.8 Å². The number of alkyl halides is 3. The molecule has 0 atom stereocenters. The minimum Gasteiger partial charge on any atom is -0.328 e. The first-order chi connectivity index (χ1) is 19.1. The predicted octanol–water partition coefficient (Wildman–Crippen LogP) is 5.18. The molecule has 0 aliphatic carbocycles. The molecule has 11 heteroatoms. The van der Waals surface area contributed by atoms with Crippen LogP contribution in [0.4, 0.5) is 13.2 Å². The van der Waals surface area contributed by atoms with E-state index in [1.54, 1.807) is 12.4 Å². The fourth-order valence-electron chi connectivity index (χ4n) is 5.84. The number of nitrogens with one attached hydrogen (secondary N) is 1. The fraction of sp³-hybridized carbons (Fsp3) is 0.483. The quantitative estimate of drug-likeness (QED) is 0.309. The largest absolute Gasteiger partial charge is 0.389 e. The Bertz CT molecular complexity index is 1480. The van der Waals surface area contributed by atoms with Gasteiger partial charge in [-0.25, -0.2) is 4.98 Å². The summed E-state index contributed by atoms with van der Waals surface area (Å²) in [7, 11) is 3.92. The van der Waals surface area contributed by atoms with Crippen LogP contribution in [0, 0.1) is 18.3 Å². The van der Waals surface area contributed by atoms with E-state index < -0.39 is 12.6 Å². The van der Waals surface area contributed by atoms with Gasteiger partial charge < -0.3 is 14.0 Å². The van der Waals surface area contributed by atoms with Gasteiger partial charge in [-0.15, -0.1) is 0 Å². The molecular formula is C29H35F3N8. The summed E-state index contributed by atoms with van der Waals surface area (Å²) in [5.74, 6) is 0.530. The number of nitriles is 1. The van der Waals surface area contributed by atoms with Gasteiger partial charge in [-0.3, -0.25) is 10.00 Å². The van der Waals surface area contributed by atoms with Crippen molar-refractivity contribution in [2.24, 2.45) is 0 Å². The topological polar surface area (TPSA) is 81.7 Å². The predicted molar refractivity (Wildman–Crippen MR) is 147 cm³/mol. The molecule has 4 aromatic rings. The Labute approximate surface area is 232 Å². The highest BCUT2D eigenvalue weighted by molar-refractivity contribution is 5.86. The maximum Gasteiger partial charge on any atom is 0.389 e. The number of aromatic amines is 1. The van der Waals surface area contributed by atoms with Gasteiger partial charge in [-0.1, -0.05) is 6.07 Å². The van der Waals surface area contributed by atoms with E-state index in [0.29, 0.717) is 24.6 Å². The lowest BCUT2D eigenvalue weighted by Crippen LogP contribution is -2.35. The van der Waals surface area contributed by atoms with Crippen LogP contribution in [0.15, 0.2) is 36.8 Å². The van der Waals surface area contributed by atoms with Crippen molar-refractivity contribution in [3.05, 3.63) is 70.7 Å². The molecule has 0 unspecified atom stereocenters. The summed E-state index contributed by atoms with van der Waals surface area (Å²) in [6.07, 6.45) is 1.91. The highest BCUT2D eigenvalue weighted by Crippen LogP contribution is 2.31. The van der Waals surface area contributed by atoms with Gasteiger partial charge in [0.25, 0.3) is 0 Å². The molecule has 1 aliphatic rings. The summed E-state index contributed by atoms with van der Waals surface area (Å²) in [4.78, 5) is 8.84. The summed E-state index contributed by atoms with van der Waals surface area (Å²) in [5.41, 5.74) is 6.00. The van der Waals surface area contributed by atoms with Crippen molar-refractivity contribution in [1.29, 1.82) is 5.26 Å². The Hall–Kier alpha value is -3.62. The first kappa shape index (κ1) is 27.9. The smallest absolute Gasteiger partial charge is 0.328 e. The van der Waals surface area contributed by atoms with Crippen LogP contribution in [0.1, 0.15) is 59.2 Å². The average Bonchev–Trinajstić information content (AvgIpc) is 3.64. The van der Waals surface area contributed by atoms with Gasteiger partial charge in [0.2, 0.25) is 0 Å². The van der Waals surface area contributed by atoms with E-state index in [9.17, 15) is 18.4 Å². The second-order valence-corrected chi connectivity index (χ2v) is 11.0. The Morgan fingerprint density at radius 1 is 1.15 bits per heavy atom. The molecule has 3 aromatic heterocycles. The molecule has 4 heterocycles. The number of hydrogen-bond acceptors (Lipinski definition) is 5. The van der Waals surface area contributed by atoms with Crippen LogP contribution in [0.2, 0.25) is 0 Å². The van der Waals surface area contributed by atoms with Crippen LogP contribution >= 0.6 is 0 Å². The summed E-state index contributed by atoms with van der Waals surface area (Å²) < 4.78 is 43.0. The Morgan fingerprint density at radius 3 is 2.58 bits per heavy atom. The number of piperidine rings is 1. The highest BCUT2D eigenvalue weighted by atomic mass is 19.4. The van der Waals surface area contributed by atoms with Crippen molar-refractivity contribution in [2.45, 2.75) is 64.5 Å². The van der Waals surface area contributed by atoms with E-state index in [0.717, 1.165) is 54.6 Å². The number of imidazole rings is 1. The third-order valence-electron chi connectivity index (χ3n) is 7.85. The average molecular weight is 553 g/mol.